The van der Waals surface area contributed by atoms with Crippen molar-refractivity contribution in [1.82, 2.24) is 10.3 Å². The molecule has 2 heterocycles. The third kappa shape index (κ3) is 2.82. The van der Waals surface area contributed by atoms with Gasteiger partial charge in [-0.15, -0.1) is 0 Å². The summed E-state index contributed by atoms with van der Waals surface area (Å²) in [6.07, 6.45) is 0.564. The molecule has 0 aliphatic carbocycles. The van der Waals surface area contributed by atoms with Crippen LogP contribution in [0.15, 0.2) is 42.5 Å². The largest absolute Gasteiger partial charge is 0.493 e. The standard InChI is InChI=1S/C21H22N2O4/c1-25-17-10-6-8-13(20(17)26-2)18-19-14(11-16(23-18)21(24)27-3)12-7-4-5-9-15(12)22-19/h4-10,16,18,22-23H,11H2,1-3H3/t16-,18-/m0/s1. The Morgan fingerprint density at radius 3 is 2.59 bits per heavy atom. The first kappa shape index (κ1) is 17.4. The van der Waals surface area contributed by atoms with Gasteiger partial charge in [0.1, 0.15) is 6.04 Å². The third-order valence-corrected chi connectivity index (χ3v) is 5.14. The summed E-state index contributed by atoms with van der Waals surface area (Å²) in [6.45, 7) is 0. The van der Waals surface area contributed by atoms with Gasteiger partial charge < -0.3 is 19.2 Å². The van der Waals surface area contributed by atoms with Crippen LogP contribution >= 0.6 is 0 Å². The van der Waals surface area contributed by atoms with Crippen LogP contribution in [0.1, 0.15) is 22.9 Å². The number of nitrogens with one attached hydrogen (secondary N) is 2. The van der Waals surface area contributed by atoms with Crippen LogP contribution < -0.4 is 14.8 Å². The van der Waals surface area contributed by atoms with Crippen molar-refractivity contribution in [2.75, 3.05) is 21.3 Å². The van der Waals surface area contributed by atoms with Gasteiger partial charge in [-0.3, -0.25) is 10.1 Å². The minimum absolute atomic E-state index is 0.254. The maximum Gasteiger partial charge on any atom is 0.323 e. The fraction of sp³-hybridized carbons (Fsp3) is 0.286. The zero-order valence-corrected chi connectivity index (χ0v) is 15.5. The van der Waals surface area contributed by atoms with Crippen molar-refractivity contribution >= 4 is 16.9 Å². The number of fused-ring (bicyclic) bond motifs is 3. The smallest absolute Gasteiger partial charge is 0.323 e. The highest BCUT2D eigenvalue weighted by molar-refractivity contribution is 5.87. The number of hydrogen-bond donors (Lipinski definition) is 2. The van der Waals surface area contributed by atoms with E-state index in [-0.39, 0.29) is 12.0 Å². The number of esters is 1. The number of carbonyl (C=O) groups is 1. The number of H-pyrrole nitrogens is 1. The van der Waals surface area contributed by atoms with Gasteiger partial charge in [-0.1, -0.05) is 30.3 Å². The summed E-state index contributed by atoms with van der Waals surface area (Å²) < 4.78 is 16.1. The first-order chi connectivity index (χ1) is 13.2. The van der Waals surface area contributed by atoms with Gasteiger partial charge in [-0.2, -0.15) is 0 Å². The Morgan fingerprint density at radius 1 is 1.04 bits per heavy atom. The Hall–Kier alpha value is -2.99. The summed E-state index contributed by atoms with van der Waals surface area (Å²) in [6, 6.07) is 13.2. The monoisotopic (exact) mass is 366 g/mol. The van der Waals surface area contributed by atoms with E-state index in [1.54, 1.807) is 14.2 Å². The van der Waals surface area contributed by atoms with Gasteiger partial charge in [0.15, 0.2) is 11.5 Å². The molecule has 0 amide bonds. The molecule has 2 atom stereocenters. The minimum Gasteiger partial charge on any atom is -0.493 e. The van der Waals surface area contributed by atoms with Gasteiger partial charge in [-0.25, -0.2) is 0 Å². The molecule has 0 spiro atoms. The number of methoxy groups -OCH3 is 3. The van der Waals surface area contributed by atoms with Crippen LogP contribution in [0.5, 0.6) is 11.5 Å². The molecule has 0 fully saturated rings. The summed E-state index contributed by atoms with van der Waals surface area (Å²) in [4.78, 5) is 15.9. The number of ether oxygens (including phenoxy) is 3. The second-order valence-corrected chi connectivity index (χ2v) is 6.53. The van der Waals surface area contributed by atoms with Crippen LogP contribution in [0.25, 0.3) is 10.9 Å². The van der Waals surface area contributed by atoms with Gasteiger partial charge in [-0.05, 0) is 17.7 Å². The van der Waals surface area contributed by atoms with Gasteiger partial charge in [0, 0.05) is 28.6 Å². The molecule has 1 aliphatic rings. The lowest BCUT2D eigenvalue weighted by Gasteiger charge is -2.31. The Kier molecular flexibility index (Phi) is 4.49. The fourth-order valence-electron chi connectivity index (χ4n) is 3.91. The Morgan fingerprint density at radius 2 is 1.85 bits per heavy atom. The molecular formula is C21H22N2O4. The van der Waals surface area contributed by atoms with Crippen molar-refractivity contribution < 1.29 is 19.0 Å². The summed E-state index contributed by atoms with van der Waals surface area (Å²) >= 11 is 0. The van der Waals surface area contributed by atoms with Gasteiger partial charge >= 0.3 is 5.97 Å². The van der Waals surface area contributed by atoms with Crippen molar-refractivity contribution in [3.05, 3.63) is 59.3 Å². The number of aromatic nitrogens is 1. The van der Waals surface area contributed by atoms with E-state index in [4.69, 9.17) is 14.2 Å². The van der Waals surface area contributed by atoms with Crippen LogP contribution in [0.2, 0.25) is 0 Å². The molecule has 27 heavy (non-hydrogen) atoms. The molecule has 3 aromatic rings. The van der Waals surface area contributed by atoms with Crippen molar-refractivity contribution in [2.24, 2.45) is 0 Å². The number of hydrogen-bond acceptors (Lipinski definition) is 5. The molecule has 0 radical (unpaired) electrons. The Bertz CT molecular complexity index is 995. The highest BCUT2D eigenvalue weighted by Gasteiger charge is 2.36. The molecule has 1 aliphatic heterocycles. The highest BCUT2D eigenvalue weighted by atomic mass is 16.5. The Balaban J connectivity index is 1.92. The van der Waals surface area contributed by atoms with Gasteiger partial charge in [0.05, 0.1) is 27.4 Å². The van der Waals surface area contributed by atoms with Crippen LogP contribution in [0.3, 0.4) is 0 Å². The molecule has 0 saturated heterocycles. The van der Waals surface area contributed by atoms with E-state index in [1.807, 2.05) is 36.4 Å². The first-order valence-electron chi connectivity index (χ1n) is 8.82. The van der Waals surface area contributed by atoms with Crippen molar-refractivity contribution in [1.29, 1.82) is 0 Å². The third-order valence-electron chi connectivity index (χ3n) is 5.14. The summed E-state index contributed by atoms with van der Waals surface area (Å²) in [5.74, 6) is 1.01. The molecule has 2 N–H and O–H groups in total. The van der Waals surface area contributed by atoms with E-state index >= 15 is 0 Å². The van der Waals surface area contributed by atoms with E-state index in [1.165, 1.54) is 7.11 Å². The van der Waals surface area contributed by atoms with E-state index in [0.717, 1.165) is 27.7 Å². The molecular weight excluding hydrogens is 344 g/mol. The van der Waals surface area contributed by atoms with Crippen LogP contribution in [-0.2, 0) is 16.0 Å². The topological polar surface area (TPSA) is 72.6 Å². The fourth-order valence-corrected chi connectivity index (χ4v) is 3.91. The van der Waals surface area contributed by atoms with E-state index in [0.29, 0.717) is 17.9 Å². The molecule has 140 valence electrons. The van der Waals surface area contributed by atoms with Crippen LogP contribution in [-0.4, -0.2) is 38.3 Å². The summed E-state index contributed by atoms with van der Waals surface area (Å²) in [5, 5.41) is 4.54. The van der Waals surface area contributed by atoms with Crippen molar-refractivity contribution in [2.45, 2.75) is 18.5 Å². The maximum atomic E-state index is 12.3. The zero-order valence-electron chi connectivity index (χ0n) is 15.5. The summed E-state index contributed by atoms with van der Waals surface area (Å²) in [5.41, 5.74) is 4.09. The van der Waals surface area contributed by atoms with Crippen LogP contribution in [0, 0.1) is 0 Å². The van der Waals surface area contributed by atoms with Crippen molar-refractivity contribution in [3.63, 3.8) is 0 Å². The molecule has 4 rings (SSSR count). The lowest BCUT2D eigenvalue weighted by atomic mass is 9.90. The van der Waals surface area contributed by atoms with Gasteiger partial charge in [0.25, 0.3) is 0 Å². The minimum atomic E-state index is -0.442. The molecule has 0 saturated carbocycles. The lowest BCUT2D eigenvalue weighted by Crippen LogP contribution is -2.45. The summed E-state index contributed by atoms with van der Waals surface area (Å²) in [7, 11) is 4.64. The molecule has 6 heteroatoms. The van der Waals surface area contributed by atoms with Crippen LogP contribution in [0.4, 0.5) is 0 Å². The second-order valence-electron chi connectivity index (χ2n) is 6.53. The number of rotatable bonds is 4. The maximum absolute atomic E-state index is 12.3. The molecule has 0 bridgehead atoms. The number of carbonyl (C=O) groups excluding carboxylic acids is 1. The SMILES string of the molecule is COC(=O)[C@@H]1Cc2c([nH]c3ccccc23)[C@H](c2cccc(OC)c2OC)N1. The van der Waals surface area contributed by atoms with E-state index in [9.17, 15) is 4.79 Å². The highest BCUT2D eigenvalue weighted by Crippen LogP contribution is 2.41. The molecule has 1 aromatic heterocycles. The normalized spacial score (nSPS) is 18.8. The Labute approximate surface area is 157 Å². The molecule has 2 aromatic carbocycles. The average molecular weight is 366 g/mol. The average Bonchev–Trinajstić information content (AvgIpc) is 3.10. The first-order valence-corrected chi connectivity index (χ1v) is 8.82. The molecule has 6 nitrogen and oxygen atoms in total. The zero-order chi connectivity index (χ0) is 19.0. The quantitative estimate of drug-likeness (QED) is 0.695. The predicted octanol–water partition coefficient (Wildman–Crippen LogP) is 2.96. The van der Waals surface area contributed by atoms with E-state index < -0.39 is 6.04 Å². The number of aromatic amines is 1. The van der Waals surface area contributed by atoms with E-state index in [2.05, 4.69) is 16.4 Å². The predicted molar refractivity (Wildman–Crippen MR) is 102 cm³/mol. The molecule has 0 unspecified atom stereocenters. The number of para-hydroxylation sites is 2. The van der Waals surface area contributed by atoms with Crippen molar-refractivity contribution in [3.8, 4) is 11.5 Å². The second kappa shape index (κ2) is 6.96. The van der Waals surface area contributed by atoms with Gasteiger partial charge in [0.2, 0.25) is 0 Å². The number of benzene rings is 2. The lowest BCUT2D eigenvalue weighted by molar-refractivity contribution is -0.143.